The normalized spacial score (nSPS) is 11.3. The molecule has 0 saturated heterocycles. The zero-order valence-corrected chi connectivity index (χ0v) is 18.3. The number of hydrogen-bond donors (Lipinski definition) is 2. The molecule has 164 valence electrons. The molecule has 0 atom stereocenters. The number of benzene rings is 2. The molecule has 0 fully saturated rings. The number of nitrogens with zero attached hydrogens (tertiary/aromatic N) is 4. The van der Waals surface area contributed by atoms with E-state index in [1.54, 1.807) is 30.0 Å². The molecule has 4 rings (SSSR count). The molecule has 0 aliphatic heterocycles. The number of aromatic amines is 1. The van der Waals surface area contributed by atoms with Crippen molar-refractivity contribution in [3.8, 4) is 5.75 Å². The average molecular weight is 453 g/mol. The molecule has 0 saturated carbocycles. The Morgan fingerprint density at radius 3 is 2.56 bits per heavy atom. The van der Waals surface area contributed by atoms with Gasteiger partial charge in [0.25, 0.3) is 5.56 Å². The van der Waals surface area contributed by atoms with E-state index in [0.717, 1.165) is 16.9 Å². The number of aryl methyl sites for hydroxylation is 1. The van der Waals surface area contributed by atoms with Gasteiger partial charge in [0, 0.05) is 12.1 Å². The predicted octanol–water partition coefficient (Wildman–Crippen LogP) is 2.97. The van der Waals surface area contributed by atoms with E-state index in [1.165, 1.54) is 4.57 Å². The quantitative estimate of drug-likeness (QED) is 0.331. The summed E-state index contributed by atoms with van der Waals surface area (Å²) in [6, 6.07) is 14.7. The van der Waals surface area contributed by atoms with Crippen LogP contribution >= 0.6 is 11.6 Å². The van der Waals surface area contributed by atoms with Crippen LogP contribution in [0.5, 0.6) is 5.75 Å². The van der Waals surface area contributed by atoms with Crippen LogP contribution in [0.3, 0.4) is 0 Å². The minimum atomic E-state index is -0.539. The second-order valence-corrected chi connectivity index (χ2v) is 7.45. The molecule has 2 aromatic heterocycles. The van der Waals surface area contributed by atoms with Gasteiger partial charge in [0.15, 0.2) is 11.2 Å². The third-order valence-electron chi connectivity index (χ3n) is 4.83. The van der Waals surface area contributed by atoms with Gasteiger partial charge in [-0.2, -0.15) is 10.1 Å². The van der Waals surface area contributed by atoms with Gasteiger partial charge in [-0.25, -0.2) is 10.2 Å². The molecule has 0 radical (unpaired) electrons. The fourth-order valence-electron chi connectivity index (χ4n) is 3.23. The van der Waals surface area contributed by atoms with Crippen LogP contribution in [0.1, 0.15) is 18.1 Å². The van der Waals surface area contributed by atoms with E-state index in [0.29, 0.717) is 24.1 Å². The van der Waals surface area contributed by atoms with Gasteiger partial charge in [0.05, 0.1) is 19.4 Å². The van der Waals surface area contributed by atoms with E-state index in [2.05, 4.69) is 20.5 Å². The molecule has 2 aromatic carbocycles. The second-order valence-electron chi connectivity index (χ2n) is 7.01. The van der Waals surface area contributed by atoms with Crippen molar-refractivity contribution in [3.05, 3.63) is 85.5 Å². The molecule has 0 aliphatic rings. The lowest BCUT2D eigenvalue weighted by Crippen LogP contribution is -2.29. The number of imidazole rings is 1. The highest BCUT2D eigenvalue weighted by Crippen LogP contribution is 2.19. The van der Waals surface area contributed by atoms with Crippen LogP contribution in [-0.4, -0.2) is 31.9 Å². The number of halogens is 1. The van der Waals surface area contributed by atoms with Crippen LogP contribution < -0.4 is 21.4 Å². The number of ether oxygens (including phenoxy) is 1. The zero-order valence-electron chi connectivity index (χ0n) is 17.5. The highest BCUT2D eigenvalue weighted by Gasteiger charge is 2.17. The molecule has 0 aliphatic carbocycles. The average Bonchev–Trinajstić information content (AvgIpc) is 3.14. The molecule has 0 bridgehead atoms. The lowest BCUT2D eigenvalue weighted by atomic mass is 10.2. The first-order valence-corrected chi connectivity index (χ1v) is 10.3. The monoisotopic (exact) mass is 452 g/mol. The van der Waals surface area contributed by atoms with Gasteiger partial charge < -0.3 is 4.74 Å². The van der Waals surface area contributed by atoms with Crippen LogP contribution in [0, 0.1) is 0 Å². The van der Waals surface area contributed by atoms with E-state index in [1.807, 2.05) is 43.3 Å². The smallest absolute Gasteiger partial charge is 0.329 e. The van der Waals surface area contributed by atoms with Crippen molar-refractivity contribution in [1.29, 1.82) is 0 Å². The Bertz CT molecular complexity index is 1380. The highest BCUT2D eigenvalue weighted by molar-refractivity contribution is 6.30. The summed E-state index contributed by atoms with van der Waals surface area (Å²) < 4.78 is 8.40. The molecule has 2 heterocycles. The molecule has 0 spiro atoms. The number of hydrogen-bond acceptors (Lipinski definition) is 6. The Balaban J connectivity index is 1.70. The molecule has 0 unspecified atom stereocenters. The van der Waals surface area contributed by atoms with Gasteiger partial charge in [-0.1, -0.05) is 23.7 Å². The summed E-state index contributed by atoms with van der Waals surface area (Å²) in [6.07, 6.45) is 1.63. The number of rotatable bonds is 7. The molecule has 4 aromatic rings. The van der Waals surface area contributed by atoms with Crippen molar-refractivity contribution in [3.63, 3.8) is 0 Å². The fraction of sp³-hybridized carbons (Fsp3) is 0.182. The number of H-pyrrole nitrogens is 1. The Kier molecular flexibility index (Phi) is 6.09. The van der Waals surface area contributed by atoms with Gasteiger partial charge in [0.1, 0.15) is 5.75 Å². The first kappa shape index (κ1) is 21.4. The lowest BCUT2D eigenvalue weighted by molar-refractivity contribution is 0.340. The topological polar surface area (TPSA) is 106 Å². The van der Waals surface area contributed by atoms with Crippen LogP contribution in [0.25, 0.3) is 11.2 Å². The summed E-state index contributed by atoms with van der Waals surface area (Å²) in [5.41, 5.74) is 4.11. The Morgan fingerprint density at radius 2 is 1.88 bits per heavy atom. The largest absolute Gasteiger partial charge is 0.494 e. The third-order valence-corrected chi connectivity index (χ3v) is 5.08. The Hall–Kier alpha value is -3.85. The maximum atomic E-state index is 12.6. The summed E-state index contributed by atoms with van der Waals surface area (Å²) in [4.78, 5) is 31.4. The first-order chi connectivity index (χ1) is 15.5. The van der Waals surface area contributed by atoms with E-state index < -0.39 is 11.2 Å². The van der Waals surface area contributed by atoms with Crippen LogP contribution in [0.4, 0.5) is 5.95 Å². The number of hydrazone groups is 1. The van der Waals surface area contributed by atoms with Crippen molar-refractivity contribution < 1.29 is 4.74 Å². The molecular formula is C22H21ClN6O3. The SMILES string of the molecule is CCOc1ccc(C=NNc2nc3c(c(=O)[nH]c(=O)n3C)n2Cc2ccc(Cl)cc2)cc1. The number of fused-ring (bicyclic) bond motifs is 1. The zero-order chi connectivity index (χ0) is 22.7. The minimum Gasteiger partial charge on any atom is -0.494 e. The molecule has 9 nitrogen and oxygen atoms in total. The summed E-state index contributed by atoms with van der Waals surface area (Å²) in [7, 11) is 1.55. The summed E-state index contributed by atoms with van der Waals surface area (Å²) in [6.45, 7) is 2.85. The van der Waals surface area contributed by atoms with Crippen molar-refractivity contribution >= 4 is 34.9 Å². The number of nitrogens with one attached hydrogen (secondary N) is 2. The van der Waals surface area contributed by atoms with Gasteiger partial charge in [0.2, 0.25) is 5.95 Å². The van der Waals surface area contributed by atoms with Crippen LogP contribution in [0.15, 0.2) is 63.2 Å². The second kappa shape index (κ2) is 9.11. The summed E-state index contributed by atoms with van der Waals surface area (Å²) in [5, 5.41) is 4.87. The van der Waals surface area contributed by atoms with Gasteiger partial charge in [-0.15, -0.1) is 0 Å². The minimum absolute atomic E-state index is 0.256. The van der Waals surface area contributed by atoms with E-state index in [4.69, 9.17) is 16.3 Å². The molecule has 0 amide bonds. The van der Waals surface area contributed by atoms with Crippen LogP contribution in [0.2, 0.25) is 5.02 Å². The van der Waals surface area contributed by atoms with Crippen molar-refractivity contribution in [2.24, 2.45) is 12.1 Å². The standard InChI is InChI=1S/C22H21ClN6O3/c1-3-32-17-10-6-14(7-11-17)12-24-27-21-25-19-18(20(30)26-22(31)28(19)2)29(21)13-15-4-8-16(23)9-5-15/h4-12H,3,13H2,1-2H3,(H,25,27)(H,26,30,31). The first-order valence-electron chi connectivity index (χ1n) is 9.92. The van der Waals surface area contributed by atoms with Gasteiger partial charge >= 0.3 is 5.69 Å². The number of anilines is 1. The Labute approximate surface area is 187 Å². The van der Waals surface area contributed by atoms with Crippen molar-refractivity contribution in [1.82, 2.24) is 19.1 Å². The van der Waals surface area contributed by atoms with Crippen LogP contribution in [-0.2, 0) is 13.6 Å². The highest BCUT2D eigenvalue weighted by atomic mass is 35.5. The Morgan fingerprint density at radius 1 is 1.16 bits per heavy atom. The van der Waals surface area contributed by atoms with E-state index in [-0.39, 0.29) is 11.2 Å². The van der Waals surface area contributed by atoms with E-state index in [9.17, 15) is 9.59 Å². The van der Waals surface area contributed by atoms with E-state index >= 15 is 0 Å². The maximum Gasteiger partial charge on any atom is 0.329 e. The van der Waals surface area contributed by atoms with Gasteiger partial charge in [-0.3, -0.25) is 18.9 Å². The van der Waals surface area contributed by atoms with Crippen molar-refractivity contribution in [2.75, 3.05) is 12.0 Å². The molecular weight excluding hydrogens is 432 g/mol. The van der Waals surface area contributed by atoms with Crippen molar-refractivity contribution in [2.45, 2.75) is 13.5 Å². The summed E-state index contributed by atoms with van der Waals surface area (Å²) >= 11 is 5.99. The lowest BCUT2D eigenvalue weighted by Gasteiger charge is -2.08. The third kappa shape index (κ3) is 4.42. The molecule has 10 heteroatoms. The number of aromatic nitrogens is 4. The predicted molar refractivity (Wildman–Crippen MR) is 125 cm³/mol. The molecule has 32 heavy (non-hydrogen) atoms. The van der Waals surface area contributed by atoms with Gasteiger partial charge in [-0.05, 0) is 54.4 Å². The summed E-state index contributed by atoms with van der Waals surface area (Å²) in [5.74, 6) is 1.10. The fourth-order valence-corrected chi connectivity index (χ4v) is 3.35. The molecule has 2 N–H and O–H groups in total. The maximum absolute atomic E-state index is 12.6.